The second-order valence-corrected chi connectivity index (χ2v) is 2.00. The van der Waals surface area contributed by atoms with Gasteiger partial charge >= 0.3 is 0 Å². The molecule has 1 aromatic rings. The summed E-state index contributed by atoms with van der Waals surface area (Å²) < 4.78 is 12.6. The molecule has 0 N–H and O–H groups in total. The molecule has 1 aromatic carbocycles. The third kappa shape index (κ3) is 1.44. The van der Waals surface area contributed by atoms with Crippen molar-refractivity contribution in [1.29, 1.82) is 0 Å². The van der Waals surface area contributed by atoms with Crippen LogP contribution in [0.2, 0.25) is 0 Å². The topological polar surface area (TPSA) is 17.1 Å². The van der Waals surface area contributed by atoms with Gasteiger partial charge in [0.2, 0.25) is 0 Å². The van der Waals surface area contributed by atoms with Crippen LogP contribution in [0.4, 0.5) is 4.39 Å². The van der Waals surface area contributed by atoms with E-state index < -0.39 is 5.82 Å². The van der Waals surface area contributed by atoms with E-state index >= 15 is 0 Å². The first-order chi connectivity index (χ1) is 5.27. The minimum Gasteiger partial charge on any atom is -0.298 e. The summed E-state index contributed by atoms with van der Waals surface area (Å²) in [4.78, 5) is 10.2. The smallest absolute Gasteiger partial charge is 0.150 e. The molecule has 0 saturated heterocycles. The Morgan fingerprint density at radius 2 is 2.27 bits per heavy atom. The van der Waals surface area contributed by atoms with E-state index in [0.29, 0.717) is 11.8 Å². The first-order valence-electron chi connectivity index (χ1n) is 2.99. The van der Waals surface area contributed by atoms with Gasteiger partial charge in [0.15, 0.2) is 0 Å². The lowest BCUT2D eigenvalue weighted by molar-refractivity contribution is 0.112. The molecule has 0 aliphatic rings. The molecule has 0 aliphatic carbocycles. The van der Waals surface area contributed by atoms with Crippen molar-refractivity contribution >= 4 is 6.29 Å². The van der Waals surface area contributed by atoms with Crippen LogP contribution >= 0.6 is 0 Å². The van der Waals surface area contributed by atoms with Gasteiger partial charge in [0.05, 0.1) is 5.56 Å². The number of halogens is 1. The molecule has 0 unspecified atom stereocenters. The van der Waals surface area contributed by atoms with E-state index in [-0.39, 0.29) is 5.56 Å². The first-order valence-corrected chi connectivity index (χ1v) is 2.99. The van der Waals surface area contributed by atoms with Crippen molar-refractivity contribution in [3.05, 3.63) is 35.1 Å². The van der Waals surface area contributed by atoms with Crippen molar-refractivity contribution < 1.29 is 9.18 Å². The number of carbonyl (C=O) groups is 1. The number of rotatable bonds is 1. The Bertz CT molecular complexity index is 323. The van der Waals surface area contributed by atoms with Crippen LogP contribution in [0.1, 0.15) is 15.9 Å². The lowest BCUT2D eigenvalue weighted by Gasteiger charge is -1.93. The van der Waals surface area contributed by atoms with Gasteiger partial charge in [0.25, 0.3) is 0 Å². The predicted molar refractivity (Wildman–Crippen MR) is 39.7 cm³/mol. The largest absolute Gasteiger partial charge is 0.298 e. The standard InChI is InChI=1S/C9H5FO/c1-2-8-5-7(6-11)3-4-9(8)10/h1,3-6H. The van der Waals surface area contributed by atoms with Crippen molar-refractivity contribution in [2.75, 3.05) is 0 Å². The van der Waals surface area contributed by atoms with Gasteiger partial charge in [-0.05, 0) is 18.2 Å². The number of hydrogen-bond donors (Lipinski definition) is 0. The lowest BCUT2D eigenvalue weighted by Crippen LogP contribution is -1.86. The Labute approximate surface area is 63.9 Å². The molecular formula is C9H5FO. The van der Waals surface area contributed by atoms with Crippen molar-refractivity contribution in [3.63, 3.8) is 0 Å². The fourth-order valence-corrected chi connectivity index (χ4v) is 0.727. The monoisotopic (exact) mass is 148 g/mol. The van der Waals surface area contributed by atoms with Gasteiger partial charge in [-0.2, -0.15) is 0 Å². The van der Waals surface area contributed by atoms with Crippen LogP contribution in [0.15, 0.2) is 18.2 Å². The van der Waals surface area contributed by atoms with E-state index in [4.69, 9.17) is 6.42 Å². The van der Waals surface area contributed by atoms with Gasteiger partial charge in [0.1, 0.15) is 12.1 Å². The third-order valence-corrected chi connectivity index (χ3v) is 1.28. The van der Waals surface area contributed by atoms with Crippen LogP contribution in [0.3, 0.4) is 0 Å². The quantitative estimate of drug-likeness (QED) is 0.437. The van der Waals surface area contributed by atoms with E-state index in [1.54, 1.807) is 0 Å². The maximum Gasteiger partial charge on any atom is 0.150 e. The zero-order valence-corrected chi connectivity index (χ0v) is 5.67. The predicted octanol–water partition coefficient (Wildman–Crippen LogP) is 1.62. The number of terminal acetylenes is 1. The summed E-state index contributed by atoms with van der Waals surface area (Å²) in [7, 11) is 0. The average molecular weight is 148 g/mol. The zero-order chi connectivity index (χ0) is 8.27. The Morgan fingerprint density at radius 1 is 1.55 bits per heavy atom. The lowest BCUT2D eigenvalue weighted by atomic mass is 10.1. The van der Waals surface area contributed by atoms with E-state index in [1.165, 1.54) is 18.2 Å². The number of hydrogen-bond acceptors (Lipinski definition) is 1. The normalized spacial score (nSPS) is 8.73. The summed E-state index contributed by atoms with van der Waals surface area (Å²) in [6.45, 7) is 0. The molecule has 0 saturated carbocycles. The molecule has 0 heterocycles. The maximum atomic E-state index is 12.6. The Morgan fingerprint density at radius 3 is 2.82 bits per heavy atom. The van der Waals surface area contributed by atoms with Crippen LogP contribution in [0.5, 0.6) is 0 Å². The van der Waals surface area contributed by atoms with Crippen LogP contribution in [0.25, 0.3) is 0 Å². The molecule has 0 spiro atoms. The van der Waals surface area contributed by atoms with Crippen molar-refractivity contribution in [3.8, 4) is 12.3 Å². The molecule has 0 radical (unpaired) electrons. The van der Waals surface area contributed by atoms with Crippen LogP contribution < -0.4 is 0 Å². The second kappa shape index (κ2) is 2.98. The van der Waals surface area contributed by atoms with Gasteiger partial charge in [-0.15, -0.1) is 6.42 Å². The fourth-order valence-electron chi connectivity index (χ4n) is 0.727. The first kappa shape index (κ1) is 7.49. The highest BCUT2D eigenvalue weighted by atomic mass is 19.1. The van der Waals surface area contributed by atoms with Gasteiger partial charge in [-0.3, -0.25) is 4.79 Å². The summed E-state index contributed by atoms with van der Waals surface area (Å²) in [5.74, 6) is 1.66. The van der Waals surface area contributed by atoms with Gasteiger partial charge < -0.3 is 0 Å². The summed E-state index contributed by atoms with van der Waals surface area (Å²) in [5, 5.41) is 0. The SMILES string of the molecule is C#Cc1cc(C=O)ccc1F. The molecular weight excluding hydrogens is 143 g/mol. The van der Waals surface area contributed by atoms with Crippen molar-refractivity contribution in [2.24, 2.45) is 0 Å². The van der Waals surface area contributed by atoms with Gasteiger partial charge in [-0.1, -0.05) is 5.92 Å². The Kier molecular flexibility index (Phi) is 2.03. The molecule has 0 aliphatic heterocycles. The minimum atomic E-state index is -0.474. The van der Waals surface area contributed by atoms with E-state index in [9.17, 15) is 9.18 Å². The highest BCUT2D eigenvalue weighted by Gasteiger charge is 1.98. The Hall–Kier alpha value is -1.62. The van der Waals surface area contributed by atoms with E-state index in [1.807, 2.05) is 0 Å². The van der Waals surface area contributed by atoms with Crippen molar-refractivity contribution in [1.82, 2.24) is 0 Å². The maximum absolute atomic E-state index is 12.6. The highest BCUT2D eigenvalue weighted by Crippen LogP contribution is 2.07. The summed E-state index contributed by atoms with van der Waals surface area (Å²) in [6, 6.07) is 3.89. The summed E-state index contributed by atoms with van der Waals surface area (Å²) in [5.41, 5.74) is 0.508. The Balaban J connectivity index is 3.25. The minimum absolute atomic E-state index is 0.120. The zero-order valence-electron chi connectivity index (χ0n) is 5.67. The molecule has 0 bridgehead atoms. The number of aldehydes is 1. The fraction of sp³-hybridized carbons (Fsp3) is 0. The van der Waals surface area contributed by atoms with Crippen LogP contribution in [-0.2, 0) is 0 Å². The van der Waals surface area contributed by atoms with Crippen LogP contribution in [-0.4, -0.2) is 6.29 Å². The van der Waals surface area contributed by atoms with E-state index in [0.717, 1.165) is 0 Å². The molecule has 1 rings (SSSR count). The highest BCUT2D eigenvalue weighted by molar-refractivity contribution is 5.75. The molecule has 1 nitrogen and oxygen atoms in total. The molecule has 0 atom stereocenters. The number of carbonyl (C=O) groups excluding carboxylic acids is 1. The molecule has 0 fully saturated rings. The molecule has 0 aromatic heterocycles. The van der Waals surface area contributed by atoms with Crippen LogP contribution in [0, 0.1) is 18.2 Å². The molecule has 11 heavy (non-hydrogen) atoms. The van der Waals surface area contributed by atoms with E-state index in [2.05, 4.69) is 5.92 Å². The van der Waals surface area contributed by atoms with Gasteiger partial charge in [-0.25, -0.2) is 4.39 Å². The summed E-state index contributed by atoms with van der Waals surface area (Å²) in [6.07, 6.45) is 5.59. The summed E-state index contributed by atoms with van der Waals surface area (Å²) >= 11 is 0. The third-order valence-electron chi connectivity index (χ3n) is 1.28. The molecule has 0 amide bonds. The van der Waals surface area contributed by atoms with Crippen molar-refractivity contribution in [2.45, 2.75) is 0 Å². The molecule has 2 heteroatoms. The average Bonchev–Trinajstić information content (AvgIpc) is 2.05. The number of benzene rings is 1. The molecule has 54 valence electrons. The second-order valence-electron chi connectivity index (χ2n) is 2.00. The van der Waals surface area contributed by atoms with Gasteiger partial charge in [0, 0.05) is 5.56 Å².